The van der Waals surface area contributed by atoms with Crippen LogP contribution >= 0.6 is 0 Å². The van der Waals surface area contributed by atoms with E-state index in [1.54, 1.807) is 48.5 Å². The van der Waals surface area contributed by atoms with E-state index in [-0.39, 0.29) is 17.5 Å². The average Bonchev–Trinajstić information content (AvgIpc) is 2.76. The number of carbonyl (C=O) groups is 2. The highest BCUT2D eigenvalue weighted by Gasteiger charge is 2.15. The number of carbonyl (C=O) groups excluding carboxylic acids is 2. The zero-order valence-corrected chi connectivity index (χ0v) is 17.7. The molecule has 31 heavy (non-hydrogen) atoms. The Morgan fingerprint density at radius 2 is 1.29 bits per heavy atom. The summed E-state index contributed by atoms with van der Waals surface area (Å²) in [5, 5.41) is 18.5. The summed E-state index contributed by atoms with van der Waals surface area (Å²) in [6.07, 6.45) is 4.49. The topological polar surface area (TPSA) is 119 Å². The summed E-state index contributed by atoms with van der Waals surface area (Å²) in [5.41, 5.74) is 7.71. The SMILES string of the molecule is NC(Cc1ccc(O)cc1)C(=O)OCCCCCCOC(=O)CCc1ccc(O)cc1. The van der Waals surface area contributed by atoms with Crippen molar-refractivity contribution in [3.8, 4) is 11.5 Å². The van der Waals surface area contributed by atoms with Crippen LogP contribution in [0.4, 0.5) is 0 Å². The monoisotopic (exact) mass is 429 g/mol. The summed E-state index contributed by atoms with van der Waals surface area (Å²) in [4.78, 5) is 23.7. The molecule has 7 nitrogen and oxygen atoms in total. The van der Waals surface area contributed by atoms with Gasteiger partial charge in [0.25, 0.3) is 0 Å². The summed E-state index contributed by atoms with van der Waals surface area (Å²) in [5.74, 6) is -0.290. The van der Waals surface area contributed by atoms with E-state index in [2.05, 4.69) is 0 Å². The number of rotatable bonds is 13. The van der Waals surface area contributed by atoms with Crippen LogP contribution in [0.1, 0.15) is 43.2 Å². The maximum atomic E-state index is 11.9. The molecule has 0 heterocycles. The van der Waals surface area contributed by atoms with Gasteiger partial charge in [0.15, 0.2) is 0 Å². The maximum absolute atomic E-state index is 11.9. The Morgan fingerprint density at radius 1 is 0.774 bits per heavy atom. The van der Waals surface area contributed by atoms with E-state index in [1.807, 2.05) is 0 Å². The zero-order valence-electron chi connectivity index (χ0n) is 17.7. The lowest BCUT2D eigenvalue weighted by Gasteiger charge is -2.11. The number of ether oxygens (including phenoxy) is 2. The Bertz CT molecular complexity index is 804. The van der Waals surface area contributed by atoms with Crippen molar-refractivity contribution in [3.63, 3.8) is 0 Å². The molecule has 4 N–H and O–H groups in total. The van der Waals surface area contributed by atoms with Crippen LogP contribution in [0.25, 0.3) is 0 Å². The van der Waals surface area contributed by atoms with Crippen LogP contribution in [0.15, 0.2) is 48.5 Å². The van der Waals surface area contributed by atoms with Gasteiger partial charge in [-0.3, -0.25) is 9.59 Å². The third kappa shape index (κ3) is 10.00. The first-order valence-corrected chi connectivity index (χ1v) is 10.6. The number of phenols is 2. The summed E-state index contributed by atoms with van der Waals surface area (Å²) in [7, 11) is 0. The Labute approximate surface area is 182 Å². The minimum atomic E-state index is -0.731. The van der Waals surface area contributed by atoms with Crippen molar-refractivity contribution in [1.29, 1.82) is 0 Å². The van der Waals surface area contributed by atoms with Crippen molar-refractivity contribution in [2.24, 2.45) is 5.73 Å². The van der Waals surface area contributed by atoms with Crippen LogP contribution in [0.5, 0.6) is 11.5 Å². The third-order valence-electron chi connectivity index (χ3n) is 4.79. The van der Waals surface area contributed by atoms with Gasteiger partial charge in [-0.2, -0.15) is 0 Å². The summed E-state index contributed by atoms with van der Waals surface area (Å²) < 4.78 is 10.4. The van der Waals surface area contributed by atoms with Crippen LogP contribution in [-0.2, 0) is 31.9 Å². The molecule has 0 aliphatic carbocycles. The lowest BCUT2D eigenvalue weighted by molar-refractivity contribution is -0.146. The molecular weight excluding hydrogens is 398 g/mol. The van der Waals surface area contributed by atoms with Gasteiger partial charge in [-0.05, 0) is 73.9 Å². The van der Waals surface area contributed by atoms with Crippen LogP contribution in [0.2, 0.25) is 0 Å². The van der Waals surface area contributed by atoms with Crippen LogP contribution in [0.3, 0.4) is 0 Å². The van der Waals surface area contributed by atoms with Crippen molar-refractivity contribution in [2.75, 3.05) is 13.2 Å². The molecule has 2 rings (SSSR count). The van der Waals surface area contributed by atoms with Gasteiger partial charge in [-0.25, -0.2) is 0 Å². The fraction of sp³-hybridized carbons (Fsp3) is 0.417. The smallest absolute Gasteiger partial charge is 0.323 e. The highest BCUT2D eigenvalue weighted by molar-refractivity contribution is 5.75. The second-order valence-electron chi connectivity index (χ2n) is 7.45. The highest BCUT2D eigenvalue weighted by Crippen LogP contribution is 2.12. The van der Waals surface area contributed by atoms with E-state index >= 15 is 0 Å². The average molecular weight is 430 g/mol. The molecule has 1 unspecified atom stereocenters. The number of benzene rings is 2. The van der Waals surface area contributed by atoms with Crippen molar-refractivity contribution < 1.29 is 29.3 Å². The van der Waals surface area contributed by atoms with Crippen molar-refractivity contribution in [2.45, 2.75) is 51.0 Å². The van der Waals surface area contributed by atoms with Gasteiger partial charge in [0.1, 0.15) is 17.5 Å². The number of aromatic hydroxyl groups is 2. The summed E-state index contributed by atoms with van der Waals surface area (Å²) >= 11 is 0. The molecule has 1 atom stereocenters. The number of hydrogen-bond donors (Lipinski definition) is 3. The van der Waals surface area contributed by atoms with Crippen LogP contribution in [0, 0.1) is 0 Å². The fourth-order valence-corrected chi connectivity index (χ4v) is 2.97. The molecular formula is C24H31NO6. The Kier molecular flexibility index (Phi) is 10.4. The lowest BCUT2D eigenvalue weighted by atomic mass is 10.1. The highest BCUT2D eigenvalue weighted by atomic mass is 16.5. The van der Waals surface area contributed by atoms with E-state index in [1.165, 1.54) is 0 Å². The number of hydrogen-bond acceptors (Lipinski definition) is 7. The fourth-order valence-electron chi connectivity index (χ4n) is 2.97. The quantitative estimate of drug-likeness (QED) is 0.330. The summed E-state index contributed by atoms with van der Waals surface area (Å²) in [6.45, 7) is 0.695. The molecule has 0 aromatic heterocycles. The van der Waals surface area contributed by atoms with E-state index in [0.29, 0.717) is 32.5 Å². The molecule has 0 amide bonds. The maximum Gasteiger partial charge on any atom is 0.323 e. The molecule has 0 aliphatic heterocycles. The van der Waals surface area contributed by atoms with Crippen LogP contribution < -0.4 is 5.73 Å². The van der Waals surface area contributed by atoms with Crippen LogP contribution in [-0.4, -0.2) is 41.4 Å². The first kappa shape index (κ1) is 24.2. The second kappa shape index (κ2) is 13.3. The number of nitrogens with two attached hydrogens (primary N) is 1. The van der Waals surface area contributed by atoms with Gasteiger partial charge < -0.3 is 25.4 Å². The minimum absolute atomic E-state index is 0.170. The summed E-state index contributed by atoms with van der Waals surface area (Å²) in [6, 6.07) is 12.6. The van der Waals surface area contributed by atoms with E-state index in [0.717, 1.165) is 36.8 Å². The molecule has 0 aliphatic rings. The molecule has 0 bridgehead atoms. The number of phenolic OH excluding ortho intramolecular Hbond substituents is 2. The van der Waals surface area contributed by atoms with Crippen molar-refractivity contribution >= 4 is 11.9 Å². The van der Waals surface area contributed by atoms with E-state index in [4.69, 9.17) is 15.2 Å². The van der Waals surface area contributed by atoms with Gasteiger partial charge >= 0.3 is 11.9 Å². The lowest BCUT2D eigenvalue weighted by Crippen LogP contribution is -2.34. The Hall–Kier alpha value is -3.06. The normalized spacial score (nSPS) is 11.6. The number of aryl methyl sites for hydroxylation is 1. The van der Waals surface area contributed by atoms with Gasteiger partial charge in [-0.15, -0.1) is 0 Å². The molecule has 2 aromatic rings. The molecule has 2 aromatic carbocycles. The number of unbranched alkanes of at least 4 members (excludes halogenated alkanes) is 3. The standard InChI is InChI=1S/C24H31NO6/c25-22(17-19-7-12-21(27)13-8-19)24(29)31-16-4-2-1-3-15-30-23(28)14-9-18-5-10-20(26)11-6-18/h5-8,10-13,22,26-27H,1-4,9,14-17,25H2. The minimum Gasteiger partial charge on any atom is -0.508 e. The predicted octanol–water partition coefficient (Wildman–Crippen LogP) is 3.25. The van der Waals surface area contributed by atoms with Gasteiger partial charge in [-0.1, -0.05) is 24.3 Å². The van der Waals surface area contributed by atoms with Gasteiger partial charge in [0.05, 0.1) is 13.2 Å². The molecule has 168 valence electrons. The molecule has 0 saturated carbocycles. The Morgan fingerprint density at radius 3 is 1.87 bits per heavy atom. The Balaban J connectivity index is 1.45. The predicted molar refractivity (Wildman–Crippen MR) is 117 cm³/mol. The van der Waals surface area contributed by atoms with Crippen molar-refractivity contribution in [1.82, 2.24) is 0 Å². The first-order chi connectivity index (χ1) is 14.9. The van der Waals surface area contributed by atoms with Gasteiger partial charge in [0.2, 0.25) is 0 Å². The van der Waals surface area contributed by atoms with E-state index in [9.17, 15) is 19.8 Å². The molecule has 0 fully saturated rings. The second-order valence-corrected chi connectivity index (χ2v) is 7.45. The molecule has 0 radical (unpaired) electrons. The molecule has 0 spiro atoms. The molecule has 0 saturated heterocycles. The van der Waals surface area contributed by atoms with Gasteiger partial charge in [0, 0.05) is 6.42 Å². The zero-order chi connectivity index (χ0) is 22.5. The number of esters is 2. The first-order valence-electron chi connectivity index (χ1n) is 10.6. The van der Waals surface area contributed by atoms with Crippen molar-refractivity contribution in [3.05, 3.63) is 59.7 Å². The molecule has 7 heteroatoms. The largest absolute Gasteiger partial charge is 0.508 e. The third-order valence-corrected chi connectivity index (χ3v) is 4.79. The van der Waals surface area contributed by atoms with E-state index < -0.39 is 12.0 Å².